The molecular weight excluding hydrogens is 274 g/mol. The highest BCUT2D eigenvalue weighted by atomic mass is 32.2. The van der Waals surface area contributed by atoms with Crippen LogP contribution in [0.3, 0.4) is 0 Å². The lowest BCUT2D eigenvalue weighted by Gasteiger charge is -2.18. The highest BCUT2D eigenvalue weighted by molar-refractivity contribution is 7.98. The Hall–Kier alpha value is -1.89. The monoisotopic (exact) mass is 291 g/mol. The third-order valence-corrected chi connectivity index (χ3v) is 3.55. The Morgan fingerprint density at radius 2 is 2.15 bits per heavy atom. The van der Waals surface area contributed by atoms with Gasteiger partial charge >= 0.3 is 0 Å². The predicted octanol–water partition coefficient (Wildman–Crippen LogP) is 1.81. The Kier molecular flexibility index (Phi) is 4.39. The van der Waals surface area contributed by atoms with E-state index < -0.39 is 0 Å². The summed E-state index contributed by atoms with van der Waals surface area (Å²) in [5.74, 6) is 1.33. The van der Waals surface area contributed by atoms with Gasteiger partial charge < -0.3 is 9.88 Å². The van der Waals surface area contributed by atoms with Crippen LogP contribution in [0.15, 0.2) is 17.4 Å². The first-order chi connectivity index (χ1) is 9.52. The van der Waals surface area contributed by atoms with E-state index in [2.05, 4.69) is 19.9 Å². The summed E-state index contributed by atoms with van der Waals surface area (Å²) in [4.78, 5) is 29.9. The fourth-order valence-corrected chi connectivity index (χ4v) is 2.61. The second-order valence-corrected chi connectivity index (χ2v) is 5.23. The molecule has 0 aromatic carbocycles. The number of carbonyl (C=O) groups excluding carboxylic acids is 1. The molecule has 7 heteroatoms. The van der Waals surface area contributed by atoms with E-state index in [1.807, 2.05) is 20.1 Å². The van der Waals surface area contributed by atoms with Gasteiger partial charge in [0, 0.05) is 19.4 Å². The van der Waals surface area contributed by atoms with E-state index in [4.69, 9.17) is 0 Å². The first-order valence-corrected chi connectivity index (χ1v) is 7.38. The molecule has 106 valence electrons. The molecule has 0 unspecified atom stereocenters. The van der Waals surface area contributed by atoms with Crippen LogP contribution >= 0.6 is 11.8 Å². The Labute approximate surface area is 122 Å². The molecular formula is C13H17N5OS. The second kappa shape index (κ2) is 6.04. The number of aromatic amines is 1. The molecule has 0 aliphatic heterocycles. The Morgan fingerprint density at radius 3 is 2.75 bits per heavy atom. The summed E-state index contributed by atoms with van der Waals surface area (Å²) >= 11 is 1.46. The number of imidazole rings is 1. The number of amides is 1. The molecule has 1 amide bonds. The summed E-state index contributed by atoms with van der Waals surface area (Å²) in [5, 5.41) is 0.714. The molecule has 2 heterocycles. The van der Waals surface area contributed by atoms with E-state index in [-0.39, 0.29) is 5.91 Å². The standard InChI is InChI=1S/C13H17N5OS/c1-8-11(12(20-4)17-9(2)16-8)13(19)18(3)7-10-14-5-6-15-10/h5-6H,7H2,1-4H3,(H,14,15). The van der Waals surface area contributed by atoms with Gasteiger partial charge in [0.25, 0.3) is 5.91 Å². The van der Waals surface area contributed by atoms with Gasteiger partial charge in [0.15, 0.2) is 0 Å². The van der Waals surface area contributed by atoms with Crippen LogP contribution in [-0.4, -0.2) is 44.0 Å². The van der Waals surface area contributed by atoms with Gasteiger partial charge in [0.2, 0.25) is 0 Å². The van der Waals surface area contributed by atoms with Crippen molar-refractivity contribution in [2.75, 3.05) is 13.3 Å². The smallest absolute Gasteiger partial charge is 0.258 e. The molecule has 0 fully saturated rings. The SMILES string of the molecule is CSc1nc(C)nc(C)c1C(=O)N(C)Cc1ncc[nH]1. The number of rotatable bonds is 4. The van der Waals surface area contributed by atoms with Gasteiger partial charge in [-0.2, -0.15) is 0 Å². The van der Waals surface area contributed by atoms with Gasteiger partial charge in [-0.25, -0.2) is 15.0 Å². The van der Waals surface area contributed by atoms with Crippen molar-refractivity contribution >= 4 is 17.7 Å². The third kappa shape index (κ3) is 2.98. The normalized spacial score (nSPS) is 10.6. The third-order valence-electron chi connectivity index (χ3n) is 2.86. The van der Waals surface area contributed by atoms with Crippen molar-refractivity contribution in [1.82, 2.24) is 24.8 Å². The second-order valence-electron chi connectivity index (χ2n) is 4.44. The fraction of sp³-hybridized carbons (Fsp3) is 0.385. The van der Waals surface area contributed by atoms with Crippen LogP contribution < -0.4 is 0 Å². The largest absolute Gasteiger partial charge is 0.347 e. The minimum absolute atomic E-state index is 0.0942. The summed E-state index contributed by atoms with van der Waals surface area (Å²) in [7, 11) is 1.74. The number of nitrogens with one attached hydrogen (secondary N) is 1. The zero-order valence-electron chi connectivity index (χ0n) is 12.0. The maximum absolute atomic E-state index is 12.6. The van der Waals surface area contributed by atoms with E-state index >= 15 is 0 Å². The first kappa shape index (κ1) is 14.5. The van der Waals surface area contributed by atoms with Gasteiger partial charge in [-0.15, -0.1) is 11.8 Å². The highest BCUT2D eigenvalue weighted by Crippen LogP contribution is 2.22. The molecule has 0 radical (unpaired) electrons. The lowest BCUT2D eigenvalue weighted by Crippen LogP contribution is -2.28. The molecule has 0 aliphatic rings. The van der Waals surface area contributed by atoms with E-state index in [0.717, 1.165) is 5.82 Å². The Balaban J connectivity index is 2.28. The number of nitrogens with zero attached hydrogens (tertiary/aromatic N) is 4. The maximum atomic E-state index is 12.6. The highest BCUT2D eigenvalue weighted by Gasteiger charge is 2.21. The number of hydrogen-bond acceptors (Lipinski definition) is 5. The minimum Gasteiger partial charge on any atom is -0.347 e. The molecule has 2 rings (SSSR count). The van der Waals surface area contributed by atoms with E-state index in [0.29, 0.717) is 28.7 Å². The average molecular weight is 291 g/mol. The van der Waals surface area contributed by atoms with Crippen molar-refractivity contribution in [1.29, 1.82) is 0 Å². The van der Waals surface area contributed by atoms with Crippen LogP contribution in [0.2, 0.25) is 0 Å². The van der Waals surface area contributed by atoms with Crippen molar-refractivity contribution in [2.24, 2.45) is 0 Å². The number of thioether (sulfide) groups is 1. The summed E-state index contributed by atoms with van der Waals surface area (Å²) in [5.41, 5.74) is 1.27. The van der Waals surface area contributed by atoms with Crippen molar-refractivity contribution in [2.45, 2.75) is 25.4 Å². The fourth-order valence-electron chi connectivity index (χ4n) is 1.95. The molecule has 6 nitrogen and oxygen atoms in total. The van der Waals surface area contributed by atoms with Gasteiger partial charge in [-0.1, -0.05) is 0 Å². The summed E-state index contributed by atoms with van der Waals surface area (Å²) in [6.07, 6.45) is 5.31. The number of hydrogen-bond donors (Lipinski definition) is 1. The molecule has 0 bridgehead atoms. The summed E-state index contributed by atoms with van der Waals surface area (Å²) in [6.45, 7) is 4.09. The minimum atomic E-state index is -0.0942. The zero-order valence-corrected chi connectivity index (χ0v) is 12.8. The molecule has 0 atom stereocenters. The van der Waals surface area contributed by atoms with Crippen LogP contribution in [0, 0.1) is 13.8 Å². The predicted molar refractivity (Wildman–Crippen MR) is 77.7 cm³/mol. The van der Waals surface area contributed by atoms with E-state index in [1.165, 1.54) is 11.8 Å². The molecule has 1 N–H and O–H groups in total. The molecule has 0 aliphatic carbocycles. The molecule has 2 aromatic rings. The quantitative estimate of drug-likeness (QED) is 0.687. The first-order valence-electron chi connectivity index (χ1n) is 6.16. The van der Waals surface area contributed by atoms with Gasteiger partial charge in [-0.05, 0) is 20.1 Å². The van der Waals surface area contributed by atoms with Crippen LogP contribution in [0.4, 0.5) is 0 Å². The van der Waals surface area contributed by atoms with Crippen molar-refractivity contribution in [3.05, 3.63) is 35.3 Å². The lowest BCUT2D eigenvalue weighted by atomic mass is 10.2. The molecule has 0 saturated carbocycles. The number of aromatic nitrogens is 4. The Morgan fingerprint density at radius 1 is 1.40 bits per heavy atom. The Bertz CT molecular complexity index is 611. The molecule has 0 spiro atoms. The average Bonchev–Trinajstić information content (AvgIpc) is 2.89. The van der Waals surface area contributed by atoms with Crippen LogP contribution in [-0.2, 0) is 6.54 Å². The van der Waals surface area contributed by atoms with Crippen LogP contribution in [0.5, 0.6) is 0 Å². The van der Waals surface area contributed by atoms with Crippen LogP contribution in [0.25, 0.3) is 0 Å². The van der Waals surface area contributed by atoms with Crippen molar-refractivity contribution in [3.63, 3.8) is 0 Å². The van der Waals surface area contributed by atoms with E-state index in [9.17, 15) is 4.79 Å². The van der Waals surface area contributed by atoms with Gasteiger partial charge in [-0.3, -0.25) is 4.79 Å². The lowest BCUT2D eigenvalue weighted by molar-refractivity contribution is 0.0776. The van der Waals surface area contributed by atoms with E-state index in [1.54, 1.807) is 24.3 Å². The van der Waals surface area contributed by atoms with Crippen molar-refractivity contribution in [3.8, 4) is 0 Å². The topological polar surface area (TPSA) is 74.8 Å². The number of aryl methyl sites for hydroxylation is 2. The van der Waals surface area contributed by atoms with Gasteiger partial charge in [0.05, 0.1) is 17.8 Å². The zero-order chi connectivity index (χ0) is 14.7. The van der Waals surface area contributed by atoms with Gasteiger partial charge in [0.1, 0.15) is 16.7 Å². The molecule has 2 aromatic heterocycles. The summed E-state index contributed by atoms with van der Waals surface area (Å²) in [6, 6.07) is 0. The number of H-pyrrole nitrogens is 1. The summed E-state index contributed by atoms with van der Waals surface area (Å²) < 4.78 is 0. The number of carbonyl (C=O) groups is 1. The molecule has 20 heavy (non-hydrogen) atoms. The molecule has 0 saturated heterocycles. The van der Waals surface area contributed by atoms with Crippen molar-refractivity contribution < 1.29 is 4.79 Å². The maximum Gasteiger partial charge on any atom is 0.258 e. The van der Waals surface area contributed by atoms with Crippen LogP contribution in [0.1, 0.15) is 27.7 Å².